The fourth-order valence-electron chi connectivity index (χ4n) is 2.75. The zero-order valence-electron chi connectivity index (χ0n) is 12.9. The second kappa shape index (κ2) is 7.74. The first kappa shape index (κ1) is 17.0. The van der Waals surface area contributed by atoms with Crippen LogP contribution in [0.5, 0.6) is 11.5 Å². The van der Waals surface area contributed by atoms with Crippen LogP contribution in [-0.2, 0) is 9.47 Å². The minimum absolute atomic E-state index is 0.0349. The Morgan fingerprint density at radius 2 is 1.86 bits per heavy atom. The van der Waals surface area contributed by atoms with Gasteiger partial charge in [0.15, 0.2) is 13.6 Å². The van der Waals surface area contributed by atoms with E-state index in [0.717, 1.165) is 12.0 Å². The van der Waals surface area contributed by atoms with Crippen LogP contribution in [0.1, 0.15) is 37.2 Å². The molecule has 1 aromatic carbocycles. The average molecular weight is 316 g/mol. The van der Waals surface area contributed by atoms with Crippen LogP contribution >= 0.6 is 0 Å². The van der Waals surface area contributed by atoms with Gasteiger partial charge in [0, 0.05) is 33.1 Å². The summed E-state index contributed by atoms with van der Waals surface area (Å²) in [6.45, 7) is 0.175. The highest BCUT2D eigenvalue weighted by Crippen LogP contribution is 2.44. The average Bonchev–Trinajstić information content (AvgIpc) is 2.50. The van der Waals surface area contributed by atoms with E-state index in [9.17, 15) is 8.78 Å². The molecular formula is C16H22F2O4. The van der Waals surface area contributed by atoms with Gasteiger partial charge in [-0.25, -0.2) is 8.78 Å². The van der Waals surface area contributed by atoms with Gasteiger partial charge < -0.3 is 18.9 Å². The van der Waals surface area contributed by atoms with Crippen molar-refractivity contribution in [3.8, 4) is 11.5 Å². The van der Waals surface area contributed by atoms with Crippen molar-refractivity contribution in [1.82, 2.24) is 0 Å². The maximum atomic E-state index is 13.7. The van der Waals surface area contributed by atoms with Crippen molar-refractivity contribution in [1.29, 1.82) is 0 Å². The number of alkyl halides is 2. The molecule has 1 fully saturated rings. The number of hydrogen-bond acceptors (Lipinski definition) is 4. The second-order valence-corrected chi connectivity index (χ2v) is 5.45. The van der Waals surface area contributed by atoms with Crippen molar-refractivity contribution in [3.63, 3.8) is 0 Å². The van der Waals surface area contributed by atoms with Gasteiger partial charge in [-0.3, -0.25) is 0 Å². The highest BCUT2D eigenvalue weighted by molar-refractivity contribution is 5.43. The van der Waals surface area contributed by atoms with E-state index in [0.29, 0.717) is 17.9 Å². The standard InChI is InChI=1S/C16H22F2O4/c1-19-10-21-13-5-6-14(15(8-13)22-11-20-2)12-4-3-7-16(17,18)9-12/h5-6,8,12H,3-4,7,9-11H2,1-2H3. The molecule has 1 aromatic rings. The van der Waals surface area contributed by atoms with Gasteiger partial charge in [-0.2, -0.15) is 0 Å². The highest BCUT2D eigenvalue weighted by Gasteiger charge is 2.37. The summed E-state index contributed by atoms with van der Waals surface area (Å²) in [5.41, 5.74) is 0.779. The molecule has 1 unspecified atom stereocenters. The van der Waals surface area contributed by atoms with Gasteiger partial charge >= 0.3 is 0 Å². The lowest BCUT2D eigenvalue weighted by Gasteiger charge is -2.30. The summed E-state index contributed by atoms with van der Waals surface area (Å²) in [4.78, 5) is 0. The molecule has 0 spiro atoms. The molecule has 0 radical (unpaired) electrons. The third-order valence-corrected chi connectivity index (χ3v) is 3.74. The van der Waals surface area contributed by atoms with Crippen LogP contribution in [0.25, 0.3) is 0 Å². The normalized spacial score (nSPS) is 20.6. The van der Waals surface area contributed by atoms with E-state index in [-0.39, 0.29) is 32.3 Å². The molecule has 0 amide bonds. The maximum Gasteiger partial charge on any atom is 0.248 e. The Balaban J connectivity index is 2.20. The largest absolute Gasteiger partial charge is 0.467 e. The van der Waals surface area contributed by atoms with Gasteiger partial charge in [-0.1, -0.05) is 6.07 Å². The zero-order chi connectivity index (χ0) is 16.0. The molecule has 124 valence electrons. The number of methoxy groups -OCH3 is 2. The predicted octanol–water partition coefficient (Wildman–Crippen LogP) is 3.94. The molecule has 2 rings (SSSR count). The van der Waals surface area contributed by atoms with E-state index >= 15 is 0 Å². The minimum atomic E-state index is -2.60. The number of halogens is 2. The molecule has 1 aliphatic rings. The van der Waals surface area contributed by atoms with Gasteiger partial charge in [0.25, 0.3) is 0 Å². The number of hydrogen-bond donors (Lipinski definition) is 0. The van der Waals surface area contributed by atoms with E-state index in [1.807, 2.05) is 0 Å². The van der Waals surface area contributed by atoms with Gasteiger partial charge in [-0.05, 0) is 30.4 Å². The van der Waals surface area contributed by atoms with Crippen molar-refractivity contribution in [2.45, 2.75) is 37.5 Å². The van der Waals surface area contributed by atoms with E-state index in [1.165, 1.54) is 14.2 Å². The SMILES string of the molecule is COCOc1ccc(C2CCCC(F)(F)C2)c(OCOC)c1. The van der Waals surface area contributed by atoms with Crippen molar-refractivity contribution in [3.05, 3.63) is 23.8 Å². The molecule has 4 nitrogen and oxygen atoms in total. The van der Waals surface area contributed by atoms with Crippen molar-refractivity contribution >= 4 is 0 Å². The summed E-state index contributed by atoms with van der Waals surface area (Å²) in [5.74, 6) is -1.73. The molecule has 1 saturated carbocycles. The fraction of sp³-hybridized carbons (Fsp3) is 0.625. The lowest BCUT2D eigenvalue weighted by molar-refractivity contribution is -0.0412. The molecule has 1 atom stereocenters. The summed E-state index contributed by atoms with van der Waals surface area (Å²) < 4.78 is 48.0. The van der Waals surface area contributed by atoms with Crippen LogP contribution in [0.4, 0.5) is 8.78 Å². The first-order chi connectivity index (χ1) is 10.6. The Labute approximate surface area is 129 Å². The zero-order valence-corrected chi connectivity index (χ0v) is 12.9. The van der Waals surface area contributed by atoms with Crippen LogP contribution in [0, 0.1) is 0 Å². The van der Waals surface area contributed by atoms with Gasteiger partial charge in [0.1, 0.15) is 11.5 Å². The predicted molar refractivity (Wildman–Crippen MR) is 77.6 cm³/mol. The Bertz CT molecular complexity index is 479. The molecule has 0 N–H and O–H groups in total. The molecule has 0 aromatic heterocycles. The number of rotatable bonds is 7. The Morgan fingerprint density at radius 1 is 1.14 bits per heavy atom. The third kappa shape index (κ3) is 4.55. The Morgan fingerprint density at radius 3 is 2.55 bits per heavy atom. The lowest BCUT2D eigenvalue weighted by atomic mass is 9.81. The second-order valence-electron chi connectivity index (χ2n) is 5.45. The minimum Gasteiger partial charge on any atom is -0.467 e. The molecule has 0 saturated heterocycles. The molecule has 6 heteroatoms. The van der Waals surface area contributed by atoms with Crippen LogP contribution in [0.2, 0.25) is 0 Å². The Kier molecular flexibility index (Phi) is 5.97. The molecule has 0 aliphatic heterocycles. The molecule has 22 heavy (non-hydrogen) atoms. The van der Waals surface area contributed by atoms with Gasteiger partial charge in [0.2, 0.25) is 5.92 Å². The fourth-order valence-corrected chi connectivity index (χ4v) is 2.75. The summed E-state index contributed by atoms with van der Waals surface area (Å²) in [6.07, 6.45) is 1.07. The monoisotopic (exact) mass is 316 g/mol. The van der Waals surface area contributed by atoms with Crippen molar-refractivity contribution < 1.29 is 27.7 Å². The summed E-state index contributed by atoms with van der Waals surface area (Å²) >= 11 is 0. The Hall–Kier alpha value is -1.40. The first-order valence-corrected chi connectivity index (χ1v) is 7.31. The van der Waals surface area contributed by atoms with Crippen molar-refractivity contribution in [2.75, 3.05) is 27.8 Å². The highest BCUT2D eigenvalue weighted by atomic mass is 19.3. The molecule has 0 bridgehead atoms. The molecule has 0 heterocycles. The maximum absolute atomic E-state index is 13.7. The van der Waals surface area contributed by atoms with Crippen LogP contribution in [0.3, 0.4) is 0 Å². The number of benzene rings is 1. The number of ether oxygens (including phenoxy) is 4. The summed E-state index contributed by atoms with van der Waals surface area (Å²) in [5, 5.41) is 0. The van der Waals surface area contributed by atoms with E-state index in [2.05, 4.69) is 0 Å². The molecule has 1 aliphatic carbocycles. The smallest absolute Gasteiger partial charge is 0.248 e. The van der Waals surface area contributed by atoms with Crippen LogP contribution in [0.15, 0.2) is 18.2 Å². The first-order valence-electron chi connectivity index (χ1n) is 7.31. The van der Waals surface area contributed by atoms with Gasteiger partial charge in [-0.15, -0.1) is 0 Å². The van der Waals surface area contributed by atoms with Crippen LogP contribution in [-0.4, -0.2) is 33.7 Å². The van der Waals surface area contributed by atoms with E-state index in [1.54, 1.807) is 18.2 Å². The summed E-state index contributed by atoms with van der Waals surface area (Å²) in [7, 11) is 3.04. The van der Waals surface area contributed by atoms with Crippen molar-refractivity contribution in [2.24, 2.45) is 0 Å². The topological polar surface area (TPSA) is 36.9 Å². The lowest BCUT2D eigenvalue weighted by Crippen LogP contribution is -2.25. The van der Waals surface area contributed by atoms with E-state index in [4.69, 9.17) is 18.9 Å². The third-order valence-electron chi connectivity index (χ3n) is 3.74. The quantitative estimate of drug-likeness (QED) is 0.714. The molecular weight excluding hydrogens is 294 g/mol. The van der Waals surface area contributed by atoms with E-state index < -0.39 is 5.92 Å². The van der Waals surface area contributed by atoms with Gasteiger partial charge in [0.05, 0.1) is 0 Å². The van der Waals surface area contributed by atoms with Crippen LogP contribution < -0.4 is 9.47 Å². The summed E-state index contributed by atoms with van der Waals surface area (Å²) in [6, 6.07) is 5.24.